The zero-order chi connectivity index (χ0) is 21.4. The van der Waals surface area contributed by atoms with Crippen LogP contribution in [-0.2, 0) is 4.79 Å². The van der Waals surface area contributed by atoms with Crippen LogP contribution in [0.4, 0.5) is 14.5 Å². The van der Waals surface area contributed by atoms with Gasteiger partial charge in [0.15, 0.2) is 5.96 Å². The van der Waals surface area contributed by atoms with E-state index in [1.807, 2.05) is 25.7 Å². The standard InChI is InChI=1S/C20H31F2N5O2/c1-5-24-19(25-13-20(2,3)17(28)23-4)26-14-10-11-27(12-14)15-8-6-7-9-16(15)29-18(21)22/h6-9,14,18H,5,10-13H2,1-4H3,(H,23,28)(H2,24,25,26). The molecule has 1 aromatic carbocycles. The molecule has 0 aliphatic carbocycles. The number of para-hydroxylation sites is 2. The molecule has 0 aromatic heterocycles. The van der Waals surface area contributed by atoms with Crippen molar-refractivity contribution in [2.24, 2.45) is 10.4 Å². The third-order valence-electron chi connectivity index (χ3n) is 4.77. The molecule has 1 amide bonds. The number of ether oxygens (including phenoxy) is 1. The molecule has 162 valence electrons. The number of aliphatic imine (C=N–C) groups is 1. The Hall–Kier alpha value is -2.58. The number of halogens is 2. The third kappa shape index (κ3) is 6.47. The van der Waals surface area contributed by atoms with Gasteiger partial charge in [-0.25, -0.2) is 0 Å². The molecule has 0 spiro atoms. The normalized spacial score (nSPS) is 17.4. The third-order valence-corrected chi connectivity index (χ3v) is 4.77. The second-order valence-corrected chi connectivity index (χ2v) is 7.58. The largest absolute Gasteiger partial charge is 0.433 e. The molecule has 1 heterocycles. The molecule has 1 aliphatic rings. The molecule has 0 radical (unpaired) electrons. The van der Waals surface area contributed by atoms with Gasteiger partial charge in [0.1, 0.15) is 5.75 Å². The van der Waals surface area contributed by atoms with E-state index < -0.39 is 12.0 Å². The molecule has 1 fully saturated rings. The lowest BCUT2D eigenvalue weighted by molar-refractivity contribution is -0.128. The lowest BCUT2D eigenvalue weighted by Crippen LogP contribution is -2.45. The second kappa shape index (κ2) is 10.3. The minimum absolute atomic E-state index is 0.0697. The van der Waals surface area contributed by atoms with Crippen molar-refractivity contribution in [2.45, 2.75) is 39.8 Å². The van der Waals surface area contributed by atoms with Crippen LogP contribution in [0, 0.1) is 5.41 Å². The van der Waals surface area contributed by atoms with Crippen molar-refractivity contribution < 1.29 is 18.3 Å². The van der Waals surface area contributed by atoms with Gasteiger partial charge < -0.3 is 25.6 Å². The highest BCUT2D eigenvalue weighted by Gasteiger charge is 2.28. The Kier molecular flexibility index (Phi) is 8.04. The number of nitrogens with zero attached hydrogens (tertiary/aromatic N) is 2. The van der Waals surface area contributed by atoms with Crippen molar-refractivity contribution in [3.63, 3.8) is 0 Å². The van der Waals surface area contributed by atoms with Crippen molar-refractivity contribution in [1.82, 2.24) is 16.0 Å². The van der Waals surface area contributed by atoms with Gasteiger partial charge in [0, 0.05) is 32.7 Å². The van der Waals surface area contributed by atoms with Gasteiger partial charge >= 0.3 is 6.61 Å². The lowest BCUT2D eigenvalue weighted by atomic mass is 9.93. The fourth-order valence-corrected chi connectivity index (χ4v) is 3.21. The Morgan fingerprint density at radius 2 is 2.10 bits per heavy atom. The highest BCUT2D eigenvalue weighted by atomic mass is 19.3. The summed E-state index contributed by atoms with van der Waals surface area (Å²) in [7, 11) is 1.61. The number of carbonyl (C=O) groups excluding carboxylic acids is 1. The van der Waals surface area contributed by atoms with Crippen molar-refractivity contribution in [3.8, 4) is 5.75 Å². The van der Waals surface area contributed by atoms with Crippen LogP contribution in [0.2, 0.25) is 0 Å². The number of benzene rings is 1. The fraction of sp³-hybridized carbons (Fsp3) is 0.600. The predicted octanol–water partition coefficient (Wildman–Crippen LogP) is 2.19. The van der Waals surface area contributed by atoms with Crippen LogP contribution in [0.25, 0.3) is 0 Å². The summed E-state index contributed by atoms with van der Waals surface area (Å²) < 4.78 is 30.0. The molecule has 1 unspecified atom stereocenters. The smallest absolute Gasteiger partial charge is 0.387 e. The van der Waals surface area contributed by atoms with Crippen LogP contribution in [-0.4, -0.2) is 57.7 Å². The highest BCUT2D eigenvalue weighted by Crippen LogP contribution is 2.31. The monoisotopic (exact) mass is 411 g/mol. The van der Waals surface area contributed by atoms with Gasteiger partial charge in [-0.05, 0) is 39.3 Å². The van der Waals surface area contributed by atoms with Crippen LogP contribution >= 0.6 is 0 Å². The number of nitrogens with one attached hydrogen (secondary N) is 3. The number of hydrogen-bond donors (Lipinski definition) is 3. The first-order chi connectivity index (χ1) is 13.8. The van der Waals surface area contributed by atoms with Gasteiger partial charge in [-0.1, -0.05) is 12.1 Å². The van der Waals surface area contributed by atoms with Crippen molar-refractivity contribution in [2.75, 3.05) is 38.1 Å². The molecule has 1 atom stereocenters. The molecule has 3 N–H and O–H groups in total. The van der Waals surface area contributed by atoms with E-state index in [1.165, 1.54) is 0 Å². The minimum atomic E-state index is -2.86. The topological polar surface area (TPSA) is 78.0 Å². The van der Waals surface area contributed by atoms with E-state index in [1.54, 1.807) is 31.3 Å². The van der Waals surface area contributed by atoms with E-state index >= 15 is 0 Å². The van der Waals surface area contributed by atoms with Crippen LogP contribution in [0.5, 0.6) is 5.75 Å². The zero-order valence-corrected chi connectivity index (χ0v) is 17.5. The van der Waals surface area contributed by atoms with E-state index in [-0.39, 0.29) is 17.7 Å². The summed E-state index contributed by atoms with van der Waals surface area (Å²) in [5.74, 6) is 0.740. The minimum Gasteiger partial charge on any atom is -0.433 e. The Morgan fingerprint density at radius 1 is 1.38 bits per heavy atom. The maximum absolute atomic E-state index is 12.7. The zero-order valence-electron chi connectivity index (χ0n) is 17.5. The van der Waals surface area contributed by atoms with Crippen molar-refractivity contribution in [3.05, 3.63) is 24.3 Å². The summed E-state index contributed by atoms with van der Waals surface area (Å²) in [4.78, 5) is 18.5. The summed E-state index contributed by atoms with van der Waals surface area (Å²) >= 11 is 0. The number of rotatable bonds is 8. The first-order valence-electron chi connectivity index (χ1n) is 9.82. The summed E-state index contributed by atoms with van der Waals surface area (Å²) in [5, 5.41) is 9.23. The average molecular weight is 411 g/mol. The number of carbonyl (C=O) groups is 1. The van der Waals surface area contributed by atoms with Crippen LogP contribution < -0.4 is 25.6 Å². The molecule has 1 aromatic rings. The summed E-state index contributed by atoms with van der Waals surface area (Å²) in [5.41, 5.74) is 0.0319. The van der Waals surface area contributed by atoms with Crippen LogP contribution in [0.1, 0.15) is 27.2 Å². The molecule has 2 rings (SSSR count). The Bertz CT molecular complexity index is 712. The highest BCUT2D eigenvalue weighted by molar-refractivity contribution is 5.83. The van der Waals surface area contributed by atoms with Gasteiger partial charge in [-0.2, -0.15) is 8.78 Å². The maximum Gasteiger partial charge on any atom is 0.387 e. The Balaban J connectivity index is 2.03. The number of amides is 1. The van der Waals surface area contributed by atoms with Gasteiger partial charge in [-0.3, -0.25) is 9.79 Å². The molecule has 29 heavy (non-hydrogen) atoms. The van der Waals surface area contributed by atoms with Crippen molar-refractivity contribution >= 4 is 17.6 Å². The van der Waals surface area contributed by atoms with Gasteiger partial charge in [0.25, 0.3) is 0 Å². The number of alkyl halides is 2. The van der Waals surface area contributed by atoms with E-state index in [9.17, 15) is 13.6 Å². The average Bonchev–Trinajstić information content (AvgIpc) is 3.14. The van der Waals surface area contributed by atoms with Crippen molar-refractivity contribution in [1.29, 1.82) is 0 Å². The molecule has 0 saturated carbocycles. The molecule has 1 saturated heterocycles. The first-order valence-corrected chi connectivity index (χ1v) is 9.82. The quantitative estimate of drug-likeness (QED) is 0.452. The second-order valence-electron chi connectivity index (χ2n) is 7.58. The summed E-state index contributed by atoms with van der Waals surface area (Å²) in [6.07, 6.45) is 0.826. The summed E-state index contributed by atoms with van der Waals surface area (Å²) in [6.45, 7) is 5.17. The number of guanidine groups is 1. The van der Waals surface area contributed by atoms with Crippen LogP contribution in [0.15, 0.2) is 29.3 Å². The Morgan fingerprint density at radius 3 is 2.76 bits per heavy atom. The molecular weight excluding hydrogens is 380 g/mol. The van der Waals surface area contributed by atoms with E-state index in [0.717, 1.165) is 6.42 Å². The summed E-state index contributed by atoms with van der Waals surface area (Å²) in [6, 6.07) is 6.91. The fourth-order valence-electron chi connectivity index (χ4n) is 3.21. The number of anilines is 1. The molecule has 1 aliphatic heterocycles. The maximum atomic E-state index is 12.7. The van der Waals surface area contributed by atoms with E-state index in [2.05, 4.69) is 25.7 Å². The van der Waals surface area contributed by atoms with Gasteiger partial charge in [-0.15, -0.1) is 0 Å². The van der Waals surface area contributed by atoms with Gasteiger partial charge in [0.2, 0.25) is 5.91 Å². The van der Waals surface area contributed by atoms with Crippen LogP contribution in [0.3, 0.4) is 0 Å². The number of hydrogen-bond acceptors (Lipinski definition) is 4. The predicted molar refractivity (Wildman–Crippen MR) is 111 cm³/mol. The molecule has 0 bridgehead atoms. The SMILES string of the molecule is CCNC(=NCC(C)(C)C(=O)NC)NC1CCN(c2ccccc2OC(F)F)C1. The van der Waals surface area contributed by atoms with E-state index in [4.69, 9.17) is 0 Å². The first kappa shape index (κ1) is 22.7. The molecule has 9 heteroatoms. The molecule has 7 nitrogen and oxygen atoms in total. The van der Waals surface area contributed by atoms with Gasteiger partial charge in [0.05, 0.1) is 17.6 Å². The Labute approximate surface area is 170 Å². The lowest BCUT2D eigenvalue weighted by Gasteiger charge is -2.23. The van der Waals surface area contributed by atoms with E-state index in [0.29, 0.717) is 37.8 Å². The molecular formula is C20H31F2N5O2.